The highest BCUT2D eigenvalue weighted by atomic mass is 19.4. The van der Waals surface area contributed by atoms with Gasteiger partial charge >= 0.3 is 6.36 Å². The molecule has 1 atom stereocenters. The molecule has 1 saturated heterocycles. The zero-order chi connectivity index (χ0) is 16.4. The van der Waals surface area contributed by atoms with Gasteiger partial charge in [0.05, 0.1) is 6.10 Å². The van der Waals surface area contributed by atoms with Crippen LogP contribution in [0.2, 0.25) is 0 Å². The number of alkyl halides is 3. The lowest BCUT2D eigenvalue weighted by atomic mass is 10.2. The minimum atomic E-state index is -4.77. The van der Waals surface area contributed by atoms with E-state index in [1.165, 1.54) is 31.0 Å². The van der Waals surface area contributed by atoms with E-state index in [1.54, 1.807) is 4.90 Å². The van der Waals surface area contributed by atoms with Gasteiger partial charge in [0.25, 0.3) is 5.91 Å². The van der Waals surface area contributed by atoms with Crippen LogP contribution in [0.5, 0.6) is 5.75 Å². The predicted octanol–water partition coefficient (Wildman–Crippen LogP) is 3.23. The van der Waals surface area contributed by atoms with Gasteiger partial charge in [-0.2, -0.15) is 0 Å². The molecule has 2 aliphatic rings. The molecule has 1 aliphatic carbocycles. The maximum Gasteiger partial charge on any atom is 0.573 e. The van der Waals surface area contributed by atoms with E-state index in [0.717, 1.165) is 19.1 Å². The van der Waals surface area contributed by atoms with Crippen LogP contribution in [0.4, 0.5) is 13.2 Å². The molecular formula is C16H18F3NO3. The van der Waals surface area contributed by atoms with Crippen LogP contribution in [0.3, 0.4) is 0 Å². The Bertz CT molecular complexity index is 572. The fourth-order valence-corrected chi connectivity index (χ4v) is 2.61. The van der Waals surface area contributed by atoms with Gasteiger partial charge in [-0.15, -0.1) is 13.2 Å². The Hall–Kier alpha value is -1.76. The zero-order valence-electron chi connectivity index (χ0n) is 12.5. The molecule has 1 aromatic carbocycles. The molecule has 0 spiro atoms. The van der Waals surface area contributed by atoms with Gasteiger partial charge in [-0.05, 0) is 43.4 Å². The summed E-state index contributed by atoms with van der Waals surface area (Å²) in [5.74, 6) is -0.0184. The second kappa shape index (κ2) is 6.39. The summed E-state index contributed by atoms with van der Waals surface area (Å²) in [6.07, 6.45) is -1.56. The number of halogens is 3. The smallest absolute Gasteiger partial charge is 0.406 e. The fourth-order valence-electron chi connectivity index (χ4n) is 2.61. The van der Waals surface area contributed by atoms with Gasteiger partial charge in [0, 0.05) is 25.3 Å². The van der Waals surface area contributed by atoms with Crippen LogP contribution in [-0.4, -0.2) is 43.0 Å². The van der Waals surface area contributed by atoms with Gasteiger partial charge in [0.15, 0.2) is 0 Å². The van der Waals surface area contributed by atoms with E-state index in [1.807, 2.05) is 0 Å². The van der Waals surface area contributed by atoms with Crippen LogP contribution in [0.15, 0.2) is 24.3 Å². The van der Waals surface area contributed by atoms with Crippen molar-refractivity contribution >= 4 is 5.91 Å². The monoisotopic (exact) mass is 329 g/mol. The summed E-state index contributed by atoms with van der Waals surface area (Å²) in [5, 5.41) is 0. The Kier molecular flexibility index (Phi) is 4.48. The first-order chi connectivity index (χ1) is 10.9. The summed E-state index contributed by atoms with van der Waals surface area (Å²) in [4.78, 5) is 14.0. The molecule has 0 unspecified atom stereocenters. The van der Waals surface area contributed by atoms with Gasteiger partial charge in [-0.1, -0.05) is 6.07 Å². The van der Waals surface area contributed by atoms with Gasteiger partial charge in [-0.25, -0.2) is 0 Å². The SMILES string of the molecule is O=C(c1cccc(OC(F)(F)F)c1)N1CC[C@H](OCC2CC2)C1. The molecule has 1 saturated carbocycles. The minimum absolute atomic E-state index is 0.0224. The molecule has 1 heterocycles. The quantitative estimate of drug-likeness (QED) is 0.832. The van der Waals surface area contributed by atoms with Crippen molar-refractivity contribution in [1.82, 2.24) is 4.90 Å². The van der Waals surface area contributed by atoms with Crippen molar-refractivity contribution in [3.63, 3.8) is 0 Å². The molecule has 0 radical (unpaired) electrons. The molecule has 4 nitrogen and oxygen atoms in total. The number of carbonyl (C=O) groups is 1. The third-order valence-corrected chi connectivity index (χ3v) is 4.01. The number of amides is 1. The van der Waals surface area contributed by atoms with Crippen molar-refractivity contribution < 1.29 is 27.4 Å². The molecule has 3 rings (SSSR count). The lowest BCUT2D eigenvalue weighted by molar-refractivity contribution is -0.274. The average molecular weight is 329 g/mol. The van der Waals surface area contributed by atoms with E-state index in [0.29, 0.717) is 19.0 Å². The first-order valence-corrected chi connectivity index (χ1v) is 7.67. The van der Waals surface area contributed by atoms with Crippen LogP contribution in [0.25, 0.3) is 0 Å². The number of rotatable bonds is 5. The molecule has 2 fully saturated rings. The van der Waals surface area contributed by atoms with Gasteiger partial charge in [-0.3, -0.25) is 4.79 Å². The van der Waals surface area contributed by atoms with Gasteiger partial charge in [0.1, 0.15) is 5.75 Å². The summed E-state index contributed by atoms with van der Waals surface area (Å²) >= 11 is 0. The molecule has 0 N–H and O–H groups in total. The van der Waals surface area contributed by atoms with E-state index in [9.17, 15) is 18.0 Å². The molecule has 0 bridgehead atoms. The molecule has 1 aliphatic heterocycles. The largest absolute Gasteiger partial charge is 0.573 e. The Morgan fingerprint density at radius 1 is 1.26 bits per heavy atom. The molecule has 1 amide bonds. The zero-order valence-corrected chi connectivity index (χ0v) is 12.5. The highest BCUT2D eigenvalue weighted by Crippen LogP contribution is 2.30. The summed E-state index contributed by atoms with van der Waals surface area (Å²) in [7, 11) is 0. The van der Waals surface area contributed by atoms with E-state index in [-0.39, 0.29) is 23.3 Å². The second-order valence-electron chi connectivity index (χ2n) is 6.01. The van der Waals surface area contributed by atoms with Crippen LogP contribution < -0.4 is 4.74 Å². The van der Waals surface area contributed by atoms with Gasteiger partial charge < -0.3 is 14.4 Å². The number of carbonyl (C=O) groups excluding carboxylic acids is 1. The lowest BCUT2D eigenvalue weighted by Gasteiger charge is -2.17. The van der Waals surface area contributed by atoms with Gasteiger partial charge in [0.2, 0.25) is 0 Å². The summed E-state index contributed by atoms with van der Waals surface area (Å²) in [5.41, 5.74) is 0.189. The van der Waals surface area contributed by atoms with Crippen molar-refractivity contribution in [2.24, 2.45) is 5.92 Å². The molecule has 126 valence electrons. The molecule has 0 aromatic heterocycles. The fraction of sp³-hybridized carbons (Fsp3) is 0.562. The molecular weight excluding hydrogens is 311 g/mol. The van der Waals surface area contributed by atoms with Crippen molar-refractivity contribution in [2.45, 2.75) is 31.7 Å². The van der Waals surface area contributed by atoms with E-state index < -0.39 is 6.36 Å². The van der Waals surface area contributed by atoms with Crippen LogP contribution in [-0.2, 0) is 4.74 Å². The van der Waals surface area contributed by atoms with E-state index >= 15 is 0 Å². The first kappa shape index (κ1) is 16.1. The third-order valence-electron chi connectivity index (χ3n) is 4.01. The second-order valence-corrected chi connectivity index (χ2v) is 6.01. The van der Waals surface area contributed by atoms with Crippen molar-refractivity contribution in [3.8, 4) is 5.75 Å². The standard InChI is InChI=1S/C16H18F3NO3/c17-16(18,19)23-13-3-1-2-12(8-13)15(21)20-7-6-14(9-20)22-10-11-4-5-11/h1-3,8,11,14H,4-7,9-10H2/t14-/m0/s1. The molecule has 7 heteroatoms. The minimum Gasteiger partial charge on any atom is -0.406 e. The Balaban J connectivity index is 1.58. The number of benzene rings is 1. The van der Waals surface area contributed by atoms with Crippen molar-refractivity contribution in [1.29, 1.82) is 0 Å². The average Bonchev–Trinajstić information content (AvgIpc) is 3.19. The number of hydrogen-bond donors (Lipinski definition) is 0. The number of likely N-dealkylation sites (tertiary alicyclic amines) is 1. The molecule has 1 aromatic rings. The Morgan fingerprint density at radius 3 is 2.74 bits per heavy atom. The maximum absolute atomic E-state index is 12.4. The number of ether oxygens (including phenoxy) is 2. The van der Waals surface area contributed by atoms with Crippen molar-refractivity contribution in [3.05, 3.63) is 29.8 Å². The number of nitrogens with zero attached hydrogens (tertiary/aromatic N) is 1. The van der Waals surface area contributed by atoms with E-state index in [4.69, 9.17) is 4.74 Å². The van der Waals surface area contributed by atoms with E-state index in [2.05, 4.69) is 4.74 Å². The Morgan fingerprint density at radius 2 is 2.04 bits per heavy atom. The third kappa shape index (κ3) is 4.60. The van der Waals surface area contributed by atoms with Crippen molar-refractivity contribution in [2.75, 3.05) is 19.7 Å². The highest BCUT2D eigenvalue weighted by Gasteiger charge is 2.32. The molecule has 23 heavy (non-hydrogen) atoms. The Labute approximate surface area is 132 Å². The van der Waals surface area contributed by atoms with Crippen LogP contribution in [0, 0.1) is 5.92 Å². The lowest BCUT2D eigenvalue weighted by Crippen LogP contribution is -2.30. The van der Waals surface area contributed by atoms with Crippen LogP contribution >= 0.6 is 0 Å². The topological polar surface area (TPSA) is 38.8 Å². The van der Waals surface area contributed by atoms with Crippen LogP contribution in [0.1, 0.15) is 29.6 Å². The predicted molar refractivity (Wildman–Crippen MR) is 76.1 cm³/mol. The highest BCUT2D eigenvalue weighted by molar-refractivity contribution is 5.94. The number of hydrogen-bond acceptors (Lipinski definition) is 3. The summed E-state index contributed by atoms with van der Waals surface area (Å²) in [6, 6.07) is 5.17. The normalized spacial score (nSPS) is 21.5. The first-order valence-electron chi connectivity index (χ1n) is 7.67. The summed E-state index contributed by atoms with van der Waals surface area (Å²) < 4.78 is 46.4. The summed E-state index contributed by atoms with van der Waals surface area (Å²) in [6.45, 7) is 1.77. The maximum atomic E-state index is 12.4.